The van der Waals surface area contributed by atoms with Crippen molar-refractivity contribution in [2.24, 2.45) is 0 Å². The van der Waals surface area contributed by atoms with Crippen LogP contribution in [0.2, 0.25) is 0 Å². The molecule has 4 nitrogen and oxygen atoms in total. The number of hydrogen-bond donors (Lipinski definition) is 2. The van der Waals surface area contributed by atoms with E-state index in [4.69, 9.17) is 5.73 Å². The first-order valence-electron chi connectivity index (χ1n) is 5.25. The number of benzene rings is 1. The van der Waals surface area contributed by atoms with Crippen LogP contribution in [-0.2, 0) is 0 Å². The van der Waals surface area contributed by atoms with Gasteiger partial charge in [0, 0.05) is 12.1 Å². The van der Waals surface area contributed by atoms with Crippen molar-refractivity contribution in [3.63, 3.8) is 0 Å². The maximum atomic E-state index is 13.4. The zero-order valence-electron chi connectivity index (χ0n) is 9.75. The number of hydrogen-bond acceptors (Lipinski definition) is 3. The summed E-state index contributed by atoms with van der Waals surface area (Å²) in [4.78, 5) is 15.6. The molecule has 8 heteroatoms. The number of aromatic nitrogens is 1. The zero-order chi connectivity index (χ0) is 14.9. The van der Waals surface area contributed by atoms with E-state index in [9.17, 15) is 18.0 Å². The van der Waals surface area contributed by atoms with Gasteiger partial charge in [0.15, 0.2) is 0 Å². The second-order valence-electron chi connectivity index (χ2n) is 3.80. The number of carbonyl (C=O) groups excluding carboxylic acids is 1. The summed E-state index contributed by atoms with van der Waals surface area (Å²) in [6.07, 6.45) is 1.26. The molecule has 2 aromatic rings. The van der Waals surface area contributed by atoms with Crippen LogP contribution < -0.4 is 11.1 Å². The van der Waals surface area contributed by atoms with E-state index in [1.807, 2.05) is 0 Å². The van der Waals surface area contributed by atoms with Crippen LogP contribution in [0.4, 0.5) is 24.7 Å². The molecule has 1 aromatic heterocycles. The number of nitrogen functional groups attached to an aromatic ring is 1. The van der Waals surface area contributed by atoms with Crippen LogP contribution in [0.5, 0.6) is 0 Å². The SMILES string of the molecule is Nc1cnc(NC(=O)c2c(F)cc(F)cc2F)c(Br)c1. The first kappa shape index (κ1) is 14.3. The molecule has 1 amide bonds. The van der Waals surface area contributed by atoms with E-state index in [2.05, 4.69) is 26.2 Å². The average Bonchev–Trinajstić information content (AvgIpc) is 2.31. The van der Waals surface area contributed by atoms with Crippen LogP contribution in [0, 0.1) is 17.5 Å². The second kappa shape index (κ2) is 5.49. The molecule has 0 saturated heterocycles. The Morgan fingerprint density at radius 3 is 2.35 bits per heavy atom. The number of halogens is 4. The van der Waals surface area contributed by atoms with E-state index in [0.29, 0.717) is 22.3 Å². The number of carbonyl (C=O) groups is 1. The van der Waals surface area contributed by atoms with Gasteiger partial charge in [0.2, 0.25) is 0 Å². The quantitative estimate of drug-likeness (QED) is 0.878. The van der Waals surface area contributed by atoms with E-state index >= 15 is 0 Å². The molecular weight excluding hydrogens is 339 g/mol. The molecule has 1 heterocycles. The average molecular weight is 346 g/mol. The Morgan fingerprint density at radius 1 is 1.20 bits per heavy atom. The lowest BCUT2D eigenvalue weighted by molar-refractivity contribution is 0.101. The number of rotatable bonds is 2. The van der Waals surface area contributed by atoms with Gasteiger partial charge in [-0.1, -0.05) is 0 Å². The van der Waals surface area contributed by atoms with Crippen molar-refractivity contribution in [1.82, 2.24) is 4.98 Å². The minimum Gasteiger partial charge on any atom is -0.397 e. The molecular formula is C12H7BrF3N3O. The van der Waals surface area contributed by atoms with E-state index in [1.54, 1.807) is 0 Å². The first-order chi connectivity index (χ1) is 9.38. The topological polar surface area (TPSA) is 68.0 Å². The van der Waals surface area contributed by atoms with Crippen LogP contribution in [0.15, 0.2) is 28.9 Å². The Balaban J connectivity index is 2.33. The molecule has 1 aromatic carbocycles. The molecule has 0 atom stereocenters. The lowest BCUT2D eigenvalue weighted by atomic mass is 10.2. The van der Waals surface area contributed by atoms with Crippen molar-refractivity contribution in [1.29, 1.82) is 0 Å². The summed E-state index contributed by atoms with van der Waals surface area (Å²) in [6.45, 7) is 0. The monoisotopic (exact) mass is 345 g/mol. The van der Waals surface area contributed by atoms with Gasteiger partial charge >= 0.3 is 0 Å². The Kier molecular flexibility index (Phi) is 3.93. The van der Waals surface area contributed by atoms with Crippen molar-refractivity contribution in [3.05, 3.63) is 51.9 Å². The Hall–Kier alpha value is -2.09. The number of pyridine rings is 1. The van der Waals surface area contributed by atoms with Crippen LogP contribution in [-0.4, -0.2) is 10.9 Å². The summed E-state index contributed by atoms with van der Waals surface area (Å²) in [7, 11) is 0. The zero-order valence-corrected chi connectivity index (χ0v) is 11.3. The molecule has 0 aliphatic heterocycles. The van der Waals surface area contributed by atoms with Crippen LogP contribution >= 0.6 is 15.9 Å². The molecule has 0 radical (unpaired) electrons. The highest BCUT2D eigenvalue weighted by Gasteiger charge is 2.20. The predicted molar refractivity (Wildman–Crippen MR) is 70.6 cm³/mol. The molecule has 0 aliphatic rings. The van der Waals surface area contributed by atoms with E-state index in [-0.39, 0.29) is 5.82 Å². The lowest BCUT2D eigenvalue weighted by Gasteiger charge is -2.08. The summed E-state index contributed by atoms with van der Waals surface area (Å²) in [5.41, 5.74) is 4.92. The van der Waals surface area contributed by atoms with E-state index in [1.165, 1.54) is 12.3 Å². The second-order valence-corrected chi connectivity index (χ2v) is 4.65. The number of nitrogens with zero attached hydrogens (tertiary/aromatic N) is 1. The smallest absolute Gasteiger partial charge is 0.262 e. The van der Waals surface area contributed by atoms with E-state index in [0.717, 1.165) is 0 Å². The molecule has 0 spiro atoms. The molecule has 2 rings (SSSR count). The van der Waals surface area contributed by atoms with Crippen molar-refractivity contribution in [2.75, 3.05) is 11.1 Å². The highest BCUT2D eigenvalue weighted by atomic mass is 79.9. The number of amides is 1. The minimum absolute atomic E-state index is 0.0346. The van der Waals surface area contributed by atoms with Gasteiger partial charge in [-0.3, -0.25) is 4.79 Å². The van der Waals surface area contributed by atoms with Gasteiger partial charge in [0.25, 0.3) is 5.91 Å². The van der Waals surface area contributed by atoms with Gasteiger partial charge in [-0.2, -0.15) is 0 Å². The largest absolute Gasteiger partial charge is 0.397 e. The summed E-state index contributed by atoms with van der Waals surface area (Å²) in [5, 5.41) is 2.20. The third-order valence-corrected chi connectivity index (χ3v) is 2.93. The molecule has 0 fully saturated rings. The summed E-state index contributed by atoms with van der Waals surface area (Å²) >= 11 is 3.09. The fourth-order valence-electron chi connectivity index (χ4n) is 1.47. The Morgan fingerprint density at radius 2 is 1.80 bits per heavy atom. The summed E-state index contributed by atoms with van der Waals surface area (Å²) < 4.78 is 40.0. The van der Waals surface area contributed by atoms with Crippen molar-refractivity contribution in [3.8, 4) is 0 Å². The Bertz CT molecular complexity index is 671. The third kappa shape index (κ3) is 2.90. The van der Waals surface area contributed by atoms with Crippen LogP contribution in [0.1, 0.15) is 10.4 Å². The van der Waals surface area contributed by atoms with Gasteiger partial charge in [0.05, 0.1) is 16.4 Å². The van der Waals surface area contributed by atoms with Gasteiger partial charge in [-0.25, -0.2) is 18.2 Å². The fraction of sp³-hybridized carbons (Fsp3) is 0. The number of nitrogens with one attached hydrogen (secondary N) is 1. The Labute approximate surface area is 119 Å². The molecule has 20 heavy (non-hydrogen) atoms. The fourth-order valence-corrected chi connectivity index (χ4v) is 1.94. The van der Waals surface area contributed by atoms with Crippen molar-refractivity contribution >= 4 is 33.3 Å². The lowest BCUT2D eigenvalue weighted by Crippen LogP contribution is -2.17. The first-order valence-corrected chi connectivity index (χ1v) is 6.04. The van der Waals surface area contributed by atoms with Gasteiger partial charge in [-0.05, 0) is 22.0 Å². The van der Waals surface area contributed by atoms with Crippen LogP contribution in [0.25, 0.3) is 0 Å². The van der Waals surface area contributed by atoms with Gasteiger partial charge in [0.1, 0.15) is 28.8 Å². The molecule has 0 unspecified atom stereocenters. The molecule has 0 bridgehead atoms. The van der Waals surface area contributed by atoms with Crippen molar-refractivity contribution in [2.45, 2.75) is 0 Å². The molecule has 104 valence electrons. The normalized spacial score (nSPS) is 10.4. The highest BCUT2D eigenvalue weighted by Crippen LogP contribution is 2.23. The maximum Gasteiger partial charge on any atom is 0.262 e. The van der Waals surface area contributed by atoms with Crippen molar-refractivity contribution < 1.29 is 18.0 Å². The van der Waals surface area contributed by atoms with Gasteiger partial charge < -0.3 is 11.1 Å². The van der Waals surface area contributed by atoms with Crippen LogP contribution in [0.3, 0.4) is 0 Å². The van der Waals surface area contributed by atoms with Gasteiger partial charge in [-0.15, -0.1) is 0 Å². The summed E-state index contributed by atoms with van der Waals surface area (Å²) in [6, 6.07) is 2.30. The predicted octanol–water partition coefficient (Wildman–Crippen LogP) is 3.10. The molecule has 3 N–H and O–H groups in total. The minimum atomic E-state index is -1.30. The third-order valence-electron chi connectivity index (χ3n) is 2.33. The number of anilines is 2. The maximum absolute atomic E-state index is 13.4. The standard InChI is InChI=1S/C12H7BrF3N3O/c13-7-3-6(17)4-18-11(7)19-12(20)10-8(15)1-5(14)2-9(10)16/h1-4H,17H2,(H,18,19,20). The number of nitrogens with two attached hydrogens (primary N) is 1. The van der Waals surface area contributed by atoms with E-state index < -0.39 is 28.9 Å². The summed E-state index contributed by atoms with van der Waals surface area (Å²) in [5.74, 6) is -4.76. The molecule has 0 saturated carbocycles. The highest BCUT2D eigenvalue weighted by molar-refractivity contribution is 9.10. The molecule has 0 aliphatic carbocycles.